The number of halogens is 3. The summed E-state index contributed by atoms with van der Waals surface area (Å²) in [6, 6.07) is 10.9. The van der Waals surface area contributed by atoms with E-state index < -0.39 is 17.6 Å². The first-order chi connectivity index (χ1) is 15.1. The molecule has 0 aromatic heterocycles. The summed E-state index contributed by atoms with van der Waals surface area (Å²) in [6.45, 7) is 6.15. The van der Waals surface area contributed by atoms with Crippen molar-refractivity contribution in [2.45, 2.75) is 44.9 Å². The Bertz CT molecular complexity index is 954. The Balaban J connectivity index is 1.57. The zero-order valence-corrected chi connectivity index (χ0v) is 18.0. The van der Waals surface area contributed by atoms with Crippen LogP contribution in [-0.4, -0.2) is 42.0 Å². The lowest BCUT2D eigenvalue weighted by atomic mass is 10.0. The molecule has 32 heavy (non-hydrogen) atoms. The number of rotatable bonds is 5. The summed E-state index contributed by atoms with van der Waals surface area (Å²) < 4.78 is 38.6. The summed E-state index contributed by atoms with van der Waals surface area (Å²) in [5, 5.41) is 8.13. The monoisotopic (exact) mass is 448 g/mol. The SMILES string of the molecule is CC(C)N1CCC(NC(=O)Nc2cccc(C(=O)Nc3cccc(C(F)(F)F)c3)c2)CC1. The highest BCUT2D eigenvalue weighted by atomic mass is 19.4. The summed E-state index contributed by atoms with van der Waals surface area (Å²) in [5.41, 5.74) is -0.181. The van der Waals surface area contributed by atoms with Crippen molar-refractivity contribution < 1.29 is 22.8 Å². The number of anilines is 2. The summed E-state index contributed by atoms with van der Waals surface area (Å²) in [5.74, 6) is -0.575. The molecule has 172 valence electrons. The zero-order valence-electron chi connectivity index (χ0n) is 18.0. The van der Waals surface area contributed by atoms with Crippen LogP contribution in [0.25, 0.3) is 0 Å². The van der Waals surface area contributed by atoms with E-state index in [0.717, 1.165) is 38.1 Å². The van der Waals surface area contributed by atoms with Gasteiger partial charge in [-0.25, -0.2) is 4.79 Å². The van der Waals surface area contributed by atoms with Crippen LogP contribution >= 0.6 is 0 Å². The van der Waals surface area contributed by atoms with Gasteiger partial charge in [-0.15, -0.1) is 0 Å². The smallest absolute Gasteiger partial charge is 0.335 e. The molecular formula is C23H27F3N4O2. The molecule has 0 atom stereocenters. The average molecular weight is 448 g/mol. The van der Waals surface area contributed by atoms with Crippen molar-refractivity contribution >= 4 is 23.3 Å². The van der Waals surface area contributed by atoms with Crippen LogP contribution in [-0.2, 0) is 6.18 Å². The molecule has 6 nitrogen and oxygen atoms in total. The van der Waals surface area contributed by atoms with Crippen LogP contribution in [0.3, 0.4) is 0 Å². The number of amides is 3. The highest BCUT2D eigenvalue weighted by Crippen LogP contribution is 2.30. The molecule has 0 spiro atoms. The van der Waals surface area contributed by atoms with Gasteiger partial charge in [-0.1, -0.05) is 12.1 Å². The average Bonchev–Trinajstić information content (AvgIpc) is 2.74. The topological polar surface area (TPSA) is 73.5 Å². The number of nitrogens with zero attached hydrogens (tertiary/aromatic N) is 1. The summed E-state index contributed by atoms with van der Waals surface area (Å²) in [7, 11) is 0. The highest BCUT2D eigenvalue weighted by molar-refractivity contribution is 6.05. The zero-order chi connectivity index (χ0) is 23.3. The third-order valence-corrected chi connectivity index (χ3v) is 5.43. The maximum absolute atomic E-state index is 12.9. The third kappa shape index (κ3) is 6.46. The summed E-state index contributed by atoms with van der Waals surface area (Å²) in [6.07, 6.45) is -2.76. The number of carbonyl (C=O) groups excluding carboxylic acids is 2. The van der Waals surface area contributed by atoms with E-state index in [0.29, 0.717) is 11.7 Å². The lowest BCUT2D eigenvalue weighted by Crippen LogP contribution is -2.47. The minimum Gasteiger partial charge on any atom is -0.335 e. The normalized spacial score (nSPS) is 15.4. The van der Waals surface area contributed by atoms with Gasteiger partial charge in [0.05, 0.1) is 5.56 Å². The maximum Gasteiger partial charge on any atom is 0.416 e. The van der Waals surface area contributed by atoms with Crippen LogP contribution in [0.4, 0.5) is 29.3 Å². The Kier molecular flexibility index (Phi) is 7.40. The third-order valence-electron chi connectivity index (χ3n) is 5.43. The molecule has 9 heteroatoms. The molecule has 1 aliphatic rings. The number of carbonyl (C=O) groups is 2. The van der Waals surface area contributed by atoms with E-state index in [2.05, 4.69) is 34.7 Å². The molecule has 0 saturated carbocycles. The largest absolute Gasteiger partial charge is 0.416 e. The fourth-order valence-corrected chi connectivity index (χ4v) is 3.63. The molecular weight excluding hydrogens is 421 g/mol. The Labute approximate surface area is 185 Å². The molecule has 2 aromatic carbocycles. The number of likely N-dealkylation sites (tertiary alicyclic amines) is 1. The predicted molar refractivity (Wildman–Crippen MR) is 118 cm³/mol. The van der Waals surface area contributed by atoms with E-state index >= 15 is 0 Å². The highest BCUT2D eigenvalue weighted by Gasteiger charge is 2.30. The van der Waals surface area contributed by atoms with Gasteiger partial charge < -0.3 is 20.9 Å². The van der Waals surface area contributed by atoms with Crippen molar-refractivity contribution in [3.63, 3.8) is 0 Å². The van der Waals surface area contributed by atoms with Gasteiger partial charge in [0.1, 0.15) is 0 Å². The van der Waals surface area contributed by atoms with E-state index in [-0.39, 0.29) is 23.3 Å². The number of urea groups is 1. The first-order valence-electron chi connectivity index (χ1n) is 10.5. The molecule has 1 aliphatic heterocycles. The second-order valence-corrected chi connectivity index (χ2v) is 8.12. The second kappa shape index (κ2) is 10.0. The molecule has 1 heterocycles. The van der Waals surface area contributed by atoms with Gasteiger partial charge >= 0.3 is 12.2 Å². The number of hydrogen-bond donors (Lipinski definition) is 3. The van der Waals surface area contributed by atoms with Gasteiger partial charge in [0.25, 0.3) is 5.91 Å². The summed E-state index contributed by atoms with van der Waals surface area (Å²) in [4.78, 5) is 27.2. The Hall–Kier alpha value is -3.07. The van der Waals surface area contributed by atoms with Crippen molar-refractivity contribution in [2.24, 2.45) is 0 Å². The van der Waals surface area contributed by atoms with Gasteiger partial charge in [0, 0.05) is 42.1 Å². The van der Waals surface area contributed by atoms with Gasteiger partial charge in [-0.2, -0.15) is 13.2 Å². The van der Waals surface area contributed by atoms with E-state index in [1.807, 2.05) is 0 Å². The van der Waals surface area contributed by atoms with Crippen LogP contribution in [0.5, 0.6) is 0 Å². The van der Waals surface area contributed by atoms with Gasteiger partial charge in [0.15, 0.2) is 0 Å². The number of hydrogen-bond acceptors (Lipinski definition) is 3. The van der Waals surface area contributed by atoms with Crippen LogP contribution in [0.1, 0.15) is 42.6 Å². The van der Waals surface area contributed by atoms with Crippen molar-refractivity contribution in [1.82, 2.24) is 10.2 Å². The Morgan fingerprint density at radius 3 is 2.22 bits per heavy atom. The first kappa shape index (κ1) is 23.6. The van der Waals surface area contributed by atoms with Crippen molar-refractivity contribution in [1.29, 1.82) is 0 Å². The minimum atomic E-state index is -4.50. The van der Waals surface area contributed by atoms with Crippen LogP contribution in [0.2, 0.25) is 0 Å². The molecule has 2 aromatic rings. The van der Waals surface area contributed by atoms with E-state index in [4.69, 9.17) is 0 Å². The van der Waals surface area contributed by atoms with Crippen molar-refractivity contribution in [2.75, 3.05) is 23.7 Å². The van der Waals surface area contributed by atoms with Gasteiger partial charge in [-0.3, -0.25) is 4.79 Å². The Morgan fingerprint density at radius 1 is 0.969 bits per heavy atom. The maximum atomic E-state index is 12.9. The van der Waals surface area contributed by atoms with Gasteiger partial charge in [-0.05, 0) is 63.1 Å². The molecule has 3 rings (SSSR count). The minimum absolute atomic E-state index is 0.0358. The molecule has 0 radical (unpaired) electrons. The molecule has 1 saturated heterocycles. The molecule has 3 amide bonds. The van der Waals surface area contributed by atoms with Crippen LogP contribution < -0.4 is 16.0 Å². The van der Waals surface area contributed by atoms with Crippen LogP contribution in [0.15, 0.2) is 48.5 Å². The molecule has 1 fully saturated rings. The lowest BCUT2D eigenvalue weighted by molar-refractivity contribution is -0.137. The molecule has 0 bridgehead atoms. The van der Waals surface area contributed by atoms with Gasteiger partial charge in [0.2, 0.25) is 0 Å². The molecule has 0 unspecified atom stereocenters. The van der Waals surface area contributed by atoms with E-state index in [1.165, 1.54) is 24.3 Å². The molecule has 3 N–H and O–H groups in total. The summed E-state index contributed by atoms with van der Waals surface area (Å²) >= 11 is 0. The number of piperidine rings is 1. The van der Waals surface area contributed by atoms with E-state index in [1.54, 1.807) is 12.1 Å². The fourth-order valence-electron chi connectivity index (χ4n) is 3.63. The quantitative estimate of drug-likeness (QED) is 0.606. The van der Waals surface area contributed by atoms with Crippen molar-refractivity contribution in [3.05, 3.63) is 59.7 Å². The number of alkyl halides is 3. The van der Waals surface area contributed by atoms with E-state index in [9.17, 15) is 22.8 Å². The lowest BCUT2D eigenvalue weighted by Gasteiger charge is -2.34. The molecule has 0 aliphatic carbocycles. The number of nitrogens with one attached hydrogen (secondary N) is 3. The predicted octanol–water partition coefficient (Wildman–Crippen LogP) is 4.95. The standard InChI is InChI=1S/C23H27F3N4O2/c1-15(2)30-11-9-18(10-12-30)28-22(32)29-19-7-3-5-16(13-19)21(31)27-20-8-4-6-17(14-20)23(24,25)26/h3-8,13-15,18H,9-12H2,1-2H3,(H,27,31)(H2,28,29,32). The second-order valence-electron chi connectivity index (χ2n) is 8.12. The first-order valence-corrected chi connectivity index (χ1v) is 10.5. The van der Waals surface area contributed by atoms with Crippen molar-refractivity contribution in [3.8, 4) is 0 Å². The van der Waals surface area contributed by atoms with Crippen LogP contribution in [0, 0.1) is 0 Å². The fraction of sp³-hybridized carbons (Fsp3) is 0.391. The number of benzene rings is 2. The Morgan fingerprint density at radius 2 is 1.59 bits per heavy atom.